The quantitative estimate of drug-likeness (QED) is 0.745. The molecule has 112 valence electrons. The molecule has 7 nitrogen and oxygen atoms in total. The molecule has 0 aliphatic heterocycles. The third kappa shape index (κ3) is 3.51. The topological polar surface area (TPSA) is 96.3 Å². The largest absolute Gasteiger partial charge is 0.485 e. The molecule has 1 aromatic carbocycles. The van der Waals surface area contributed by atoms with Gasteiger partial charge in [-0.1, -0.05) is 23.4 Å². The van der Waals surface area contributed by atoms with Crippen LogP contribution in [0.5, 0.6) is 11.5 Å². The van der Waals surface area contributed by atoms with E-state index in [0.29, 0.717) is 23.3 Å². The van der Waals surface area contributed by atoms with Crippen LogP contribution in [0.2, 0.25) is 0 Å². The summed E-state index contributed by atoms with van der Waals surface area (Å²) in [5.41, 5.74) is 5.68. The number of rotatable bonds is 6. The number of nitrogen functional groups attached to an aromatic ring is 1. The first-order chi connectivity index (χ1) is 10.8. The Balaban J connectivity index is 1.54. The van der Waals surface area contributed by atoms with Crippen molar-refractivity contribution < 1.29 is 14.0 Å². The van der Waals surface area contributed by atoms with Crippen molar-refractivity contribution in [1.29, 1.82) is 0 Å². The van der Waals surface area contributed by atoms with Crippen LogP contribution in [0.25, 0.3) is 0 Å². The van der Waals surface area contributed by atoms with Gasteiger partial charge in [-0.3, -0.25) is 0 Å². The van der Waals surface area contributed by atoms with Crippen LogP contribution in [0.15, 0.2) is 53.2 Å². The second-order valence-electron chi connectivity index (χ2n) is 4.38. The van der Waals surface area contributed by atoms with Crippen molar-refractivity contribution in [3.63, 3.8) is 0 Å². The van der Waals surface area contributed by atoms with Gasteiger partial charge < -0.3 is 19.7 Å². The average Bonchev–Trinajstić information content (AvgIpc) is 3.01. The van der Waals surface area contributed by atoms with Crippen LogP contribution in [-0.4, -0.2) is 15.1 Å². The van der Waals surface area contributed by atoms with Gasteiger partial charge in [-0.25, -0.2) is 4.98 Å². The molecule has 0 saturated heterocycles. The van der Waals surface area contributed by atoms with Crippen LogP contribution in [0.4, 0.5) is 5.82 Å². The van der Waals surface area contributed by atoms with Crippen molar-refractivity contribution in [3.8, 4) is 11.5 Å². The van der Waals surface area contributed by atoms with Crippen molar-refractivity contribution in [1.82, 2.24) is 15.1 Å². The molecule has 22 heavy (non-hydrogen) atoms. The first-order valence-corrected chi connectivity index (χ1v) is 6.64. The van der Waals surface area contributed by atoms with Gasteiger partial charge in [-0.15, -0.1) is 0 Å². The highest BCUT2D eigenvalue weighted by atomic mass is 16.5. The van der Waals surface area contributed by atoms with Crippen molar-refractivity contribution in [3.05, 3.63) is 60.4 Å². The fraction of sp³-hybridized carbons (Fsp3) is 0.133. The molecule has 0 aliphatic rings. The molecule has 0 unspecified atom stereocenters. The SMILES string of the molecule is Nc1ncccc1OCc1nc(COc2ccccc2)no1. The lowest BCUT2D eigenvalue weighted by Crippen LogP contribution is -2.01. The van der Waals surface area contributed by atoms with Crippen LogP contribution >= 0.6 is 0 Å². The van der Waals surface area contributed by atoms with Gasteiger partial charge in [0.2, 0.25) is 5.82 Å². The summed E-state index contributed by atoms with van der Waals surface area (Å²) in [6.07, 6.45) is 1.59. The molecule has 0 radical (unpaired) electrons. The summed E-state index contributed by atoms with van der Waals surface area (Å²) in [6.45, 7) is 0.344. The number of ether oxygens (including phenoxy) is 2. The van der Waals surface area contributed by atoms with Crippen LogP contribution < -0.4 is 15.2 Å². The van der Waals surface area contributed by atoms with Gasteiger partial charge >= 0.3 is 0 Å². The molecule has 7 heteroatoms. The summed E-state index contributed by atoms with van der Waals surface area (Å²) in [5, 5.41) is 3.83. The maximum Gasteiger partial charge on any atom is 0.264 e. The minimum Gasteiger partial charge on any atom is -0.485 e. The third-order valence-electron chi connectivity index (χ3n) is 2.77. The second-order valence-corrected chi connectivity index (χ2v) is 4.38. The number of hydrogen-bond acceptors (Lipinski definition) is 7. The van der Waals surface area contributed by atoms with E-state index in [9.17, 15) is 0 Å². The van der Waals surface area contributed by atoms with E-state index < -0.39 is 0 Å². The molecule has 2 aromatic heterocycles. The Labute approximate surface area is 126 Å². The lowest BCUT2D eigenvalue weighted by atomic mass is 10.3. The van der Waals surface area contributed by atoms with E-state index in [1.54, 1.807) is 18.3 Å². The summed E-state index contributed by atoms with van der Waals surface area (Å²) in [6, 6.07) is 12.9. The van der Waals surface area contributed by atoms with E-state index in [1.807, 2.05) is 30.3 Å². The number of pyridine rings is 1. The number of nitrogens with zero attached hydrogens (tertiary/aromatic N) is 3. The van der Waals surface area contributed by atoms with Gasteiger partial charge in [0.25, 0.3) is 5.89 Å². The summed E-state index contributed by atoms with van der Waals surface area (Å²) in [4.78, 5) is 8.11. The Hall–Kier alpha value is -3.09. The van der Waals surface area contributed by atoms with Crippen LogP contribution in [-0.2, 0) is 13.2 Å². The molecule has 0 atom stereocenters. The summed E-state index contributed by atoms with van der Waals surface area (Å²) in [7, 11) is 0. The second kappa shape index (κ2) is 6.57. The highest BCUT2D eigenvalue weighted by molar-refractivity contribution is 5.44. The van der Waals surface area contributed by atoms with Gasteiger partial charge in [-0.2, -0.15) is 4.98 Å². The minimum atomic E-state index is 0.119. The van der Waals surface area contributed by atoms with Gasteiger partial charge in [0, 0.05) is 6.20 Å². The summed E-state index contributed by atoms with van der Waals surface area (Å²) in [5.74, 6) is 2.32. The number of aromatic nitrogens is 3. The molecule has 0 spiro atoms. The maximum absolute atomic E-state index is 5.68. The monoisotopic (exact) mass is 298 g/mol. The highest BCUT2D eigenvalue weighted by Crippen LogP contribution is 2.18. The Bertz CT molecular complexity index is 730. The Kier molecular flexibility index (Phi) is 4.15. The van der Waals surface area contributed by atoms with Crippen molar-refractivity contribution >= 4 is 5.82 Å². The molecular weight excluding hydrogens is 284 g/mol. The Morgan fingerprint density at radius 3 is 2.68 bits per heavy atom. The molecular formula is C15H14N4O3. The van der Waals surface area contributed by atoms with E-state index in [0.717, 1.165) is 5.75 Å². The summed E-state index contributed by atoms with van der Waals surface area (Å²) >= 11 is 0. The molecule has 0 aliphatic carbocycles. The van der Waals surface area contributed by atoms with Crippen molar-refractivity contribution in [2.24, 2.45) is 0 Å². The van der Waals surface area contributed by atoms with E-state index >= 15 is 0 Å². The van der Waals surface area contributed by atoms with Crippen LogP contribution in [0.3, 0.4) is 0 Å². The minimum absolute atomic E-state index is 0.119. The number of para-hydroxylation sites is 1. The standard InChI is InChI=1S/C15H14N4O3/c16-15-12(7-4-8-17-15)21-10-14-18-13(19-22-14)9-20-11-5-2-1-3-6-11/h1-8H,9-10H2,(H2,16,17). The number of hydrogen-bond donors (Lipinski definition) is 1. The first-order valence-electron chi connectivity index (χ1n) is 6.64. The van der Waals surface area contributed by atoms with Crippen molar-refractivity contribution in [2.75, 3.05) is 5.73 Å². The van der Waals surface area contributed by atoms with E-state index in [-0.39, 0.29) is 13.2 Å². The maximum atomic E-state index is 5.68. The van der Waals surface area contributed by atoms with Gasteiger partial charge in [0.05, 0.1) is 0 Å². The van der Waals surface area contributed by atoms with Crippen LogP contribution in [0, 0.1) is 0 Å². The van der Waals surface area contributed by atoms with Crippen molar-refractivity contribution in [2.45, 2.75) is 13.2 Å². The van der Waals surface area contributed by atoms with Gasteiger partial charge in [-0.05, 0) is 24.3 Å². The predicted molar refractivity (Wildman–Crippen MR) is 78.1 cm³/mol. The van der Waals surface area contributed by atoms with Gasteiger partial charge in [0.15, 0.2) is 24.8 Å². The normalized spacial score (nSPS) is 10.4. The highest BCUT2D eigenvalue weighted by Gasteiger charge is 2.09. The van der Waals surface area contributed by atoms with Crippen LogP contribution in [0.1, 0.15) is 11.7 Å². The fourth-order valence-electron chi connectivity index (χ4n) is 1.74. The average molecular weight is 298 g/mol. The van der Waals surface area contributed by atoms with E-state index in [4.69, 9.17) is 19.7 Å². The molecule has 2 N–H and O–H groups in total. The number of benzene rings is 1. The zero-order valence-corrected chi connectivity index (χ0v) is 11.7. The lowest BCUT2D eigenvalue weighted by Gasteiger charge is -2.04. The Morgan fingerprint density at radius 1 is 1.00 bits per heavy atom. The molecule has 0 fully saturated rings. The molecule has 2 heterocycles. The molecule has 0 amide bonds. The van der Waals surface area contributed by atoms with Gasteiger partial charge in [0.1, 0.15) is 5.75 Å². The molecule has 3 aromatic rings. The zero-order chi connectivity index (χ0) is 15.2. The lowest BCUT2D eigenvalue weighted by molar-refractivity contribution is 0.241. The smallest absolute Gasteiger partial charge is 0.264 e. The molecule has 0 bridgehead atoms. The molecule has 0 saturated carbocycles. The zero-order valence-electron chi connectivity index (χ0n) is 11.7. The van der Waals surface area contributed by atoms with E-state index in [2.05, 4.69) is 15.1 Å². The summed E-state index contributed by atoms with van der Waals surface area (Å²) < 4.78 is 16.1. The number of anilines is 1. The third-order valence-corrected chi connectivity index (χ3v) is 2.77. The predicted octanol–water partition coefficient (Wildman–Crippen LogP) is 2.20. The first kappa shape index (κ1) is 13.9. The number of nitrogens with two attached hydrogens (primary N) is 1. The molecule has 3 rings (SSSR count). The Morgan fingerprint density at radius 2 is 1.86 bits per heavy atom. The fourth-order valence-corrected chi connectivity index (χ4v) is 1.74. The van der Waals surface area contributed by atoms with E-state index in [1.165, 1.54) is 0 Å².